The van der Waals surface area contributed by atoms with Crippen LogP contribution in [-0.2, 0) is 16.4 Å². The van der Waals surface area contributed by atoms with Crippen LogP contribution in [-0.4, -0.2) is 8.42 Å². The number of benzene rings is 2. The third-order valence-corrected chi connectivity index (χ3v) is 5.34. The molecule has 2 aromatic rings. The average molecular weight is 323 g/mol. The number of hydrogen-bond donors (Lipinski definition) is 1. The molecule has 0 amide bonds. The van der Waals surface area contributed by atoms with Crippen LogP contribution in [0.1, 0.15) is 30.0 Å². The van der Waals surface area contributed by atoms with Gasteiger partial charge in [-0.3, -0.25) is 0 Å². The minimum absolute atomic E-state index is 0.269. The summed E-state index contributed by atoms with van der Waals surface area (Å²) in [5, 5.41) is 0. The molecule has 1 aliphatic rings. The van der Waals surface area contributed by atoms with Crippen LogP contribution in [0.4, 0.5) is 8.78 Å². The standard InChI is InChI=1S/C16H15F2NO2S/c17-14-9-8-12(10-15(14)18)22(20,21)19-16-7-3-5-11-4-1-2-6-13(11)16/h1-2,4,6,8-10,16,19H,3,5,7H2/t16-/m0/s1. The van der Waals surface area contributed by atoms with E-state index in [0.29, 0.717) is 12.5 Å². The molecule has 0 aromatic heterocycles. The number of aryl methyl sites for hydroxylation is 1. The van der Waals surface area contributed by atoms with Crippen molar-refractivity contribution in [2.75, 3.05) is 0 Å². The summed E-state index contributed by atoms with van der Waals surface area (Å²) < 4.78 is 53.6. The van der Waals surface area contributed by atoms with E-state index in [-0.39, 0.29) is 10.9 Å². The first-order valence-corrected chi connectivity index (χ1v) is 8.51. The Balaban J connectivity index is 1.91. The Hall–Kier alpha value is -1.79. The molecule has 0 heterocycles. The number of nitrogens with one attached hydrogen (secondary N) is 1. The lowest BCUT2D eigenvalue weighted by Gasteiger charge is -2.26. The number of fused-ring (bicyclic) bond motifs is 1. The monoisotopic (exact) mass is 323 g/mol. The van der Waals surface area contributed by atoms with Gasteiger partial charge in [-0.25, -0.2) is 21.9 Å². The van der Waals surface area contributed by atoms with Crippen LogP contribution in [0.15, 0.2) is 47.4 Å². The molecule has 0 saturated carbocycles. The van der Waals surface area contributed by atoms with Crippen molar-refractivity contribution in [1.29, 1.82) is 0 Å². The maximum absolute atomic E-state index is 13.3. The summed E-state index contributed by atoms with van der Waals surface area (Å²) in [4.78, 5) is -0.269. The van der Waals surface area contributed by atoms with E-state index in [1.54, 1.807) is 0 Å². The van der Waals surface area contributed by atoms with Gasteiger partial charge in [0.1, 0.15) is 0 Å². The summed E-state index contributed by atoms with van der Waals surface area (Å²) in [7, 11) is -3.90. The lowest BCUT2D eigenvalue weighted by atomic mass is 9.88. The summed E-state index contributed by atoms with van der Waals surface area (Å²) >= 11 is 0. The van der Waals surface area contributed by atoms with Crippen molar-refractivity contribution in [2.45, 2.75) is 30.2 Å². The van der Waals surface area contributed by atoms with E-state index < -0.39 is 21.7 Å². The van der Waals surface area contributed by atoms with Gasteiger partial charge in [0.05, 0.1) is 4.90 Å². The minimum Gasteiger partial charge on any atom is -0.207 e. The van der Waals surface area contributed by atoms with E-state index in [0.717, 1.165) is 36.1 Å². The van der Waals surface area contributed by atoms with Crippen molar-refractivity contribution in [2.24, 2.45) is 0 Å². The van der Waals surface area contributed by atoms with Crippen LogP contribution < -0.4 is 4.72 Å². The molecule has 1 aliphatic carbocycles. The largest absolute Gasteiger partial charge is 0.241 e. The van der Waals surface area contributed by atoms with E-state index in [1.807, 2.05) is 24.3 Å². The summed E-state index contributed by atoms with van der Waals surface area (Å²) in [6.07, 6.45) is 2.47. The Morgan fingerprint density at radius 1 is 1.05 bits per heavy atom. The summed E-state index contributed by atoms with van der Waals surface area (Å²) in [5.74, 6) is -2.24. The van der Waals surface area contributed by atoms with Crippen molar-refractivity contribution < 1.29 is 17.2 Å². The molecule has 3 nitrogen and oxygen atoms in total. The van der Waals surface area contributed by atoms with Gasteiger partial charge in [0, 0.05) is 6.04 Å². The number of rotatable bonds is 3. The second-order valence-corrected chi connectivity index (χ2v) is 7.05. The van der Waals surface area contributed by atoms with E-state index in [1.165, 1.54) is 0 Å². The van der Waals surface area contributed by atoms with Crippen molar-refractivity contribution in [1.82, 2.24) is 4.72 Å². The molecule has 6 heteroatoms. The van der Waals surface area contributed by atoms with Crippen molar-refractivity contribution in [3.8, 4) is 0 Å². The minimum atomic E-state index is -3.90. The Morgan fingerprint density at radius 2 is 1.82 bits per heavy atom. The highest BCUT2D eigenvalue weighted by Crippen LogP contribution is 2.30. The van der Waals surface area contributed by atoms with Crippen LogP contribution in [0.25, 0.3) is 0 Å². The quantitative estimate of drug-likeness (QED) is 0.942. The summed E-state index contributed by atoms with van der Waals surface area (Å²) in [6, 6.07) is 9.90. The maximum atomic E-state index is 13.3. The highest BCUT2D eigenvalue weighted by atomic mass is 32.2. The zero-order chi connectivity index (χ0) is 15.7. The van der Waals surface area contributed by atoms with E-state index >= 15 is 0 Å². The van der Waals surface area contributed by atoms with Crippen LogP contribution in [0.2, 0.25) is 0 Å². The zero-order valence-electron chi connectivity index (χ0n) is 11.7. The highest BCUT2D eigenvalue weighted by Gasteiger charge is 2.26. The maximum Gasteiger partial charge on any atom is 0.241 e. The van der Waals surface area contributed by atoms with Crippen LogP contribution in [0, 0.1) is 11.6 Å². The molecule has 1 N–H and O–H groups in total. The predicted molar refractivity (Wildman–Crippen MR) is 78.8 cm³/mol. The first-order chi connectivity index (χ1) is 10.5. The summed E-state index contributed by atoms with van der Waals surface area (Å²) in [6.45, 7) is 0. The van der Waals surface area contributed by atoms with Gasteiger partial charge in [-0.15, -0.1) is 0 Å². The molecule has 1 atom stereocenters. The van der Waals surface area contributed by atoms with Gasteiger partial charge in [-0.2, -0.15) is 0 Å². The van der Waals surface area contributed by atoms with E-state index in [4.69, 9.17) is 0 Å². The predicted octanol–water partition coefficient (Wildman–Crippen LogP) is 3.32. The molecule has 0 fully saturated rings. The van der Waals surface area contributed by atoms with Gasteiger partial charge in [0.25, 0.3) is 0 Å². The van der Waals surface area contributed by atoms with Gasteiger partial charge in [0.15, 0.2) is 11.6 Å². The third kappa shape index (κ3) is 2.89. The molecule has 0 saturated heterocycles. The van der Waals surface area contributed by atoms with Crippen LogP contribution >= 0.6 is 0 Å². The topological polar surface area (TPSA) is 46.2 Å². The molecular formula is C16H15F2NO2S. The smallest absolute Gasteiger partial charge is 0.207 e. The molecule has 0 radical (unpaired) electrons. The number of hydrogen-bond acceptors (Lipinski definition) is 2. The van der Waals surface area contributed by atoms with E-state index in [9.17, 15) is 17.2 Å². The second-order valence-electron chi connectivity index (χ2n) is 5.34. The lowest BCUT2D eigenvalue weighted by molar-refractivity contribution is 0.497. The molecule has 0 spiro atoms. The van der Waals surface area contributed by atoms with Crippen LogP contribution in [0.3, 0.4) is 0 Å². The molecule has 116 valence electrons. The normalized spacial score (nSPS) is 18.0. The van der Waals surface area contributed by atoms with Gasteiger partial charge >= 0.3 is 0 Å². The Morgan fingerprint density at radius 3 is 2.59 bits per heavy atom. The highest BCUT2D eigenvalue weighted by molar-refractivity contribution is 7.89. The molecule has 0 bridgehead atoms. The Bertz CT molecular complexity index is 806. The SMILES string of the molecule is O=S(=O)(N[C@H]1CCCc2ccccc21)c1ccc(F)c(F)c1. The number of halogens is 2. The fraction of sp³-hybridized carbons (Fsp3) is 0.250. The fourth-order valence-electron chi connectivity index (χ4n) is 2.78. The molecular weight excluding hydrogens is 308 g/mol. The zero-order valence-corrected chi connectivity index (χ0v) is 12.5. The van der Waals surface area contributed by atoms with Crippen molar-refractivity contribution >= 4 is 10.0 Å². The first-order valence-electron chi connectivity index (χ1n) is 7.02. The van der Waals surface area contributed by atoms with Crippen molar-refractivity contribution in [3.63, 3.8) is 0 Å². The van der Waals surface area contributed by atoms with Gasteiger partial charge in [-0.05, 0) is 48.6 Å². The second kappa shape index (κ2) is 5.78. The third-order valence-electron chi connectivity index (χ3n) is 3.87. The van der Waals surface area contributed by atoms with E-state index in [2.05, 4.69) is 4.72 Å². The van der Waals surface area contributed by atoms with Crippen LogP contribution in [0.5, 0.6) is 0 Å². The summed E-state index contributed by atoms with van der Waals surface area (Å²) in [5.41, 5.74) is 2.06. The number of sulfonamides is 1. The van der Waals surface area contributed by atoms with Crippen molar-refractivity contribution in [3.05, 3.63) is 65.2 Å². The molecule has 0 aliphatic heterocycles. The van der Waals surface area contributed by atoms with Gasteiger partial charge in [0.2, 0.25) is 10.0 Å². The van der Waals surface area contributed by atoms with Gasteiger partial charge in [-0.1, -0.05) is 24.3 Å². The molecule has 2 aromatic carbocycles. The Kier molecular flexibility index (Phi) is 3.97. The first kappa shape index (κ1) is 15.1. The fourth-order valence-corrected chi connectivity index (χ4v) is 4.04. The molecule has 0 unspecified atom stereocenters. The van der Waals surface area contributed by atoms with Gasteiger partial charge < -0.3 is 0 Å². The average Bonchev–Trinajstić information content (AvgIpc) is 2.50. The molecule has 22 heavy (non-hydrogen) atoms. The molecule has 3 rings (SSSR count). The Labute approximate surface area is 128 Å². The lowest BCUT2D eigenvalue weighted by Crippen LogP contribution is -2.31.